The fourth-order valence-corrected chi connectivity index (χ4v) is 2.04. The molecule has 0 N–H and O–H groups in total. The molecule has 96 valence electrons. The van der Waals surface area contributed by atoms with Crippen molar-refractivity contribution in [1.29, 1.82) is 0 Å². The van der Waals surface area contributed by atoms with Gasteiger partial charge in [-0.1, -0.05) is 0 Å². The number of alkyl halides is 1. The van der Waals surface area contributed by atoms with Crippen LogP contribution in [0.15, 0.2) is 30.5 Å². The largest absolute Gasteiger partial charge is 0.427 e. The fraction of sp³-hybridized carbons (Fsp3) is 0.357. The zero-order valence-corrected chi connectivity index (χ0v) is 11.1. The Morgan fingerprint density at radius 1 is 1.39 bits per heavy atom. The van der Waals surface area contributed by atoms with E-state index in [4.69, 9.17) is 16.3 Å². The number of hydrogen-bond donors (Lipinski definition) is 0. The van der Waals surface area contributed by atoms with E-state index in [1.165, 1.54) is 0 Å². The van der Waals surface area contributed by atoms with E-state index in [1.54, 1.807) is 0 Å². The summed E-state index contributed by atoms with van der Waals surface area (Å²) in [7, 11) is 0. The molecule has 1 aromatic heterocycles. The van der Waals surface area contributed by atoms with Crippen molar-refractivity contribution < 1.29 is 9.53 Å². The quantitative estimate of drug-likeness (QED) is 0.470. The maximum Gasteiger partial charge on any atom is 0.311 e. The third-order valence-corrected chi connectivity index (χ3v) is 3.10. The van der Waals surface area contributed by atoms with E-state index in [0.29, 0.717) is 24.5 Å². The van der Waals surface area contributed by atoms with E-state index in [0.717, 1.165) is 17.4 Å². The summed E-state index contributed by atoms with van der Waals surface area (Å²) >= 11 is 5.53. The molecule has 2 rings (SSSR count). The number of carbonyl (C=O) groups is 1. The van der Waals surface area contributed by atoms with Gasteiger partial charge < -0.3 is 9.30 Å². The predicted molar refractivity (Wildman–Crippen MR) is 73.2 cm³/mol. The highest BCUT2D eigenvalue weighted by atomic mass is 35.5. The standard InChI is InChI=1S/C14H16ClNO2/c1-2-16-9-7-11-10-12(5-6-13(11)16)18-14(17)4-3-8-15/h5-7,9-10H,2-4,8H2,1H3. The van der Waals surface area contributed by atoms with Gasteiger partial charge in [0.1, 0.15) is 5.75 Å². The topological polar surface area (TPSA) is 31.2 Å². The number of aromatic nitrogens is 1. The van der Waals surface area contributed by atoms with Crippen LogP contribution in [-0.4, -0.2) is 16.4 Å². The Labute approximate surface area is 111 Å². The molecule has 2 aromatic rings. The van der Waals surface area contributed by atoms with Crippen LogP contribution in [0.2, 0.25) is 0 Å². The monoisotopic (exact) mass is 265 g/mol. The number of rotatable bonds is 5. The van der Waals surface area contributed by atoms with Gasteiger partial charge in [-0.3, -0.25) is 4.79 Å². The van der Waals surface area contributed by atoms with Crippen LogP contribution in [0.25, 0.3) is 10.9 Å². The van der Waals surface area contributed by atoms with Crippen LogP contribution in [0.3, 0.4) is 0 Å². The van der Waals surface area contributed by atoms with Gasteiger partial charge in [-0.05, 0) is 37.6 Å². The number of ether oxygens (including phenoxy) is 1. The molecule has 0 aliphatic rings. The summed E-state index contributed by atoms with van der Waals surface area (Å²) in [5, 5.41) is 1.08. The van der Waals surface area contributed by atoms with E-state index in [-0.39, 0.29) is 5.97 Å². The molecule has 3 nitrogen and oxygen atoms in total. The summed E-state index contributed by atoms with van der Waals surface area (Å²) in [4.78, 5) is 11.5. The van der Waals surface area contributed by atoms with Crippen LogP contribution in [0.5, 0.6) is 5.75 Å². The van der Waals surface area contributed by atoms with Crippen molar-refractivity contribution in [3.63, 3.8) is 0 Å². The second kappa shape index (κ2) is 5.91. The first-order valence-electron chi connectivity index (χ1n) is 6.10. The lowest BCUT2D eigenvalue weighted by atomic mass is 10.2. The molecule has 0 saturated heterocycles. The normalized spacial score (nSPS) is 10.8. The molecule has 4 heteroatoms. The Morgan fingerprint density at radius 2 is 2.22 bits per heavy atom. The van der Waals surface area contributed by atoms with Gasteiger partial charge in [-0.15, -0.1) is 11.6 Å². The zero-order valence-electron chi connectivity index (χ0n) is 10.4. The Morgan fingerprint density at radius 3 is 2.94 bits per heavy atom. The molecule has 1 aromatic carbocycles. The minimum atomic E-state index is -0.232. The van der Waals surface area contributed by atoms with E-state index < -0.39 is 0 Å². The first-order valence-corrected chi connectivity index (χ1v) is 6.63. The molecule has 0 atom stereocenters. The van der Waals surface area contributed by atoms with Crippen molar-refractivity contribution in [1.82, 2.24) is 4.57 Å². The molecule has 1 heterocycles. The number of benzene rings is 1. The summed E-state index contributed by atoms with van der Waals surface area (Å²) in [5.74, 6) is 0.842. The lowest BCUT2D eigenvalue weighted by Gasteiger charge is -2.05. The molecule has 18 heavy (non-hydrogen) atoms. The van der Waals surface area contributed by atoms with Gasteiger partial charge in [-0.25, -0.2) is 0 Å². The molecule has 0 saturated carbocycles. The van der Waals surface area contributed by atoms with Gasteiger partial charge in [-0.2, -0.15) is 0 Å². The maximum absolute atomic E-state index is 11.5. The SMILES string of the molecule is CCn1ccc2cc(OC(=O)CCCCl)ccc21. The lowest BCUT2D eigenvalue weighted by Crippen LogP contribution is -2.07. The third-order valence-electron chi connectivity index (χ3n) is 2.83. The molecule has 0 radical (unpaired) electrons. The Balaban J connectivity index is 2.13. The number of aryl methyl sites for hydroxylation is 1. The third kappa shape index (κ3) is 2.85. The van der Waals surface area contributed by atoms with Crippen LogP contribution < -0.4 is 4.74 Å². The number of hydrogen-bond acceptors (Lipinski definition) is 2. The summed E-state index contributed by atoms with van der Waals surface area (Å²) in [6, 6.07) is 7.71. The molecular weight excluding hydrogens is 250 g/mol. The van der Waals surface area contributed by atoms with E-state index in [2.05, 4.69) is 11.5 Å². The van der Waals surface area contributed by atoms with Gasteiger partial charge in [0.2, 0.25) is 0 Å². The van der Waals surface area contributed by atoms with Gasteiger partial charge in [0.15, 0.2) is 0 Å². The molecule has 0 spiro atoms. The molecule has 0 unspecified atom stereocenters. The summed E-state index contributed by atoms with van der Waals surface area (Å²) < 4.78 is 7.41. The summed E-state index contributed by atoms with van der Waals surface area (Å²) in [5.41, 5.74) is 1.15. The van der Waals surface area contributed by atoms with Gasteiger partial charge >= 0.3 is 5.97 Å². The van der Waals surface area contributed by atoms with Crippen molar-refractivity contribution in [3.8, 4) is 5.75 Å². The second-order valence-corrected chi connectivity index (χ2v) is 4.47. The van der Waals surface area contributed by atoms with Crippen LogP contribution in [-0.2, 0) is 11.3 Å². The minimum absolute atomic E-state index is 0.232. The minimum Gasteiger partial charge on any atom is -0.427 e. The second-order valence-electron chi connectivity index (χ2n) is 4.09. The zero-order chi connectivity index (χ0) is 13.0. The van der Waals surface area contributed by atoms with Crippen molar-refractivity contribution in [3.05, 3.63) is 30.5 Å². The van der Waals surface area contributed by atoms with Crippen LogP contribution in [0.1, 0.15) is 19.8 Å². The highest BCUT2D eigenvalue weighted by molar-refractivity contribution is 6.17. The average molecular weight is 266 g/mol. The van der Waals surface area contributed by atoms with Crippen molar-refractivity contribution in [2.75, 3.05) is 5.88 Å². The van der Waals surface area contributed by atoms with Crippen LogP contribution in [0, 0.1) is 0 Å². The summed E-state index contributed by atoms with van der Waals surface area (Å²) in [6.45, 7) is 3.03. The van der Waals surface area contributed by atoms with E-state index in [9.17, 15) is 4.79 Å². The number of halogens is 1. The number of nitrogens with zero attached hydrogens (tertiary/aromatic N) is 1. The Hall–Kier alpha value is -1.48. The van der Waals surface area contributed by atoms with Crippen molar-refractivity contribution in [2.45, 2.75) is 26.3 Å². The van der Waals surface area contributed by atoms with Crippen molar-refractivity contribution >= 4 is 28.5 Å². The van der Waals surface area contributed by atoms with Crippen LogP contribution in [0.4, 0.5) is 0 Å². The molecule has 0 fully saturated rings. The predicted octanol–water partition coefficient (Wildman–Crippen LogP) is 3.59. The number of carbonyl (C=O) groups excluding carboxylic acids is 1. The average Bonchev–Trinajstić information content (AvgIpc) is 2.78. The van der Waals surface area contributed by atoms with Gasteiger partial charge in [0.05, 0.1) is 0 Å². The fourth-order valence-electron chi connectivity index (χ4n) is 1.91. The smallest absolute Gasteiger partial charge is 0.311 e. The molecule has 0 aliphatic carbocycles. The number of fused-ring (bicyclic) bond motifs is 1. The Bertz CT molecular complexity index is 548. The lowest BCUT2D eigenvalue weighted by molar-refractivity contribution is -0.134. The van der Waals surface area contributed by atoms with Gasteiger partial charge in [0, 0.05) is 35.9 Å². The maximum atomic E-state index is 11.5. The molecular formula is C14H16ClNO2. The highest BCUT2D eigenvalue weighted by Gasteiger charge is 2.06. The van der Waals surface area contributed by atoms with Gasteiger partial charge in [0.25, 0.3) is 0 Å². The highest BCUT2D eigenvalue weighted by Crippen LogP contribution is 2.22. The molecule has 0 aliphatic heterocycles. The first-order chi connectivity index (χ1) is 8.74. The summed E-state index contributed by atoms with van der Waals surface area (Å²) in [6.07, 6.45) is 3.04. The first kappa shape index (κ1) is 13.0. The molecule has 0 bridgehead atoms. The Kier molecular flexibility index (Phi) is 4.26. The number of esters is 1. The van der Waals surface area contributed by atoms with Crippen molar-refractivity contribution in [2.24, 2.45) is 0 Å². The molecule has 0 amide bonds. The van der Waals surface area contributed by atoms with Crippen LogP contribution >= 0.6 is 11.6 Å². The van der Waals surface area contributed by atoms with E-state index in [1.807, 2.05) is 30.5 Å². The van der Waals surface area contributed by atoms with E-state index >= 15 is 0 Å².